The minimum absolute atomic E-state index is 0.0324. The summed E-state index contributed by atoms with van der Waals surface area (Å²) in [5, 5.41) is 19.5. The van der Waals surface area contributed by atoms with Gasteiger partial charge < -0.3 is 33.5 Å². The molecule has 2 aliphatic rings. The molecule has 2 heterocycles. The van der Waals surface area contributed by atoms with Crippen molar-refractivity contribution in [2.75, 3.05) is 27.6 Å². The summed E-state index contributed by atoms with van der Waals surface area (Å²) in [5.74, 6) is 1.51. The minimum atomic E-state index is -0.601. The molecular formula is C21H21N2O7+. The van der Waals surface area contributed by atoms with E-state index >= 15 is 0 Å². The third-order valence-corrected chi connectivity index (χ3v) is 5.02. The molecule has 0 saturated heterocycles. The SMILES string of the molecule is COc1ccc(COC[C@H]2C([N+]#N)=C(O)O[C@@H]2c2ccc3c(c2)OCO3)cc1OC. The zero-order chi connectivity index (χ0) is 21.1. The molecular weight excluding hydrogens is 392 g/mol. The number of fused-ring (bicyclic) bond motifs is 1. The van der Waals surface area contributed by atoms with Gasteiger partial charge >= 0.3 is 11.6 Å². The van der Waals surface area contributed by atoms with Gasteiger partial charge in [-0.3, -0.25) is 0 Å². The zero-order valence-electron chi connectivity index (χ0n) is 16.5. The second kappa shape index (κ2) is 8.39. The van der Waals surface area contributed by atoms with Crippen LogP contribution < -0.4 is 18.9 Å². The number of aliphatic hydroxyl groups excluding tert-OH is 1. The quantitative estimate of drug-likeness (QED) is 0.681. The highest BCUT2D eigenvalue weighted by atomic mass is 16.7. The summed E-state index contributed by atoms with van der Waals surface area (Å²) < 4.78 is 32.7. The van der Waals surface area contributed by atoms with Gasteiger partial charge in [0, 0.05) is 0 Å². The molecule has 0 spiro atoms. The van der Waals surface area contributed by atoms with Crippen LogP contribution in [-0.4, -0.2) is 32.7 Å². The van der Waals surface area contributed by atoms with Gasteiger partial charge in [-0.2, -0.15) is 0 Å². The van der Waals surface area contributed by atoms with Gasteiger partial charge in [-0.1, -0.05) is 12.1 Å². The van der Waals surface area contributed by atoms with E-state index in [1.54, 1.807) is 32.4 Å². The Morgan fingerprint density at radius 1 is 1.07 bits per heavy atom. The Balaban J connectivity index is 1.48. The molecule has 9 nitrogen and oxygen atoms in total. The number of rotatable bonds is 7. The number of hydrogen-bond acceptors (Lipinski definition) is 8. The van der Waals surface area contributed by atoms with Crippen molar-refractivity contribution in [1.29, 1.82) is 5.39 Å². The van der Waals surface area contributed by atoms with E-state index in [1.807, 2.05) is 18.2 Å². The molecule has 0 radical (unpaired) electrons. The standard InChI is InChI=1S/C21H20N2O7/c1-25-15-5-3-12(7-17(15)26-2)9-27-10-14-19(23-22)21(24)30-20(14)13-4-6-16-18(8-13)29-11-28-16/h3-8,14,20H,9-11H2,1-2H3/p+1/t14-,20+/m0/s1. The van der Waals surface area contributed by atoms with Crippen LogP contribution in [0.4, 0.5) is 0 Å². The van der Waals surface area contributed by atoms with Crippen molar-refractivity contribution in [1.82, 2.24) is 0 Å². The predicted octanol–water partition coefficient (Wildman–Crippen LogP) is 3.92. The lowest BCUT2D eigenvalue weighted by Crippen LogP contribution is -2.17. The third kappa shape index (κ3) is 3.65. The van der Waals surface area contributed by atoms with Crippen LogP contribution in [0.3, 0.4) is 0 Å². The topological polar surface area (TPSA) is 104 Å². The fourth-order valence-corrected chi connectivity index (χ4v) is 3.51. The second-order valence-electron chi connectivity index (χ2n) is 6.75. The van der Waals surface area contributed by atoms with Crippen molar-refractivity contribution in [3.05, 3.63) is 64.1 Å². The summed E-state index contributed by atoms with van der Waals surface area (Å²) in [7, 11) is 3.14. The van der Waals surface area contributed by atoms with Crippen LogP contribution in [0.2, 0.25) is 0 Å². The Morgan fingerprint density at radius 2 is 1.87 bits per heavy atom. The van der Waals surface area contributed by atoms with Crippen LogP contribution in [0.1, 0.15) is 17.2 Å². The summed E-state index contributed by atoms with van der Waals surface area (Å²) in [6, 6.07) is 10.9. The summed E-state index contributed by atoms with van der Waals surface area (Å²) in [6.07, 6.45) is -0.601. The average molecular weight is 413 g/mol. The van der Waals surface area contributed by atoms with Gasteiger partial charge in [-0.25, -0.2) is 0 Å². The highest BCUT2D eigenvalue weighted by Crippen LogP contribution is 2.44. The number of benzene rings is 2. The van der Waals surface area contributed by atoms with Crippen molar-refractivity contribution < 1.29 is 33.5 Å². The molecule has 2 aromatic rings. The number of ether oxygens (including phenoxy) is 6. The molecule has 0 saturated carbocycles. The van der Waals surface area contributed by atoms with E-state index in [2.05, 4.69) is 4.98 Å². The summed E-state index contributed by atoms with van der Waals surface area (Å²) >= 11 is 0. The number of diazo groups is 1. The molecule has 4 rings (SSSR count). The van der Waals surface area contributed by atoms with E-state index < -0.39 is 18.0 Å². The number of methoxy groups -OCH3 is 2. The highest BCUT2D eigenvalue weighted by Gasteiger charge is 2.48. The van der Waals surface area contributed by atoms with Crippen LogP contribution >= 0.6 is 0 Å². The van der Waals surface area contributed by atoms with E-state index in [4.69, 9.17) is 28.4 Å². The van der Waals surface area contributed by atoms with Gasteiger partial charge in [0.05, 0.1) is 27.4 Å². The maximum absolute atomic E-state index is 10.1. The van der Waals surface area contributed by atoms with Crippen molar-refractivity contribution in [2.45, 2.75) is 12.7 Å². The minimum Gasteiger partial charge on any atom is -0.493 e. The van der Waals surface area contributed by atoms with E-state index in [-0.39, 0.29) is 25.7 Å². The molecule has 2 aliphatic heterocycles. The Hall–Kier alpha value is -3.64. The number of hydrogen-bond donors (Lipinski definition) is 1. The Morgan fingerprint density at radius 3 is 2.63 bits per heavy atom. The molecule has 0 unspecified atom stereocenters. The van der Waals surface area contributed by atoms with Crippen molar-refractivity contribution in [2.24, 2.45) is 5.92 Å². The van der Waals surface area contributed by atoms with E-state index in [0.717, 1.165) is 11.1 Å². The molecule has 0 aromatic heterocycles. The van der Waals surface area contributed by atoms with Gasteiger partial charge in [0.25, 0.3) is 0 Å². The zero-order valence-corrected chi connectivity index (χ0v) is 16.5. The second-order valence-corrected chi connectivity index (χ2v) is 6.75. The molecule has 0 fully saturated rings. The van der Waals surface area contributed by atoms with Crippen molar-refractivity contribution in [3.63, 3.8) is 0 Å². The molecule has 1 N–H and O–H groups in total. The van der Waals surface area contributed by atoms with E-state index in [1.165, 1.54) is 0 Å². The van der Waals surface area contributed by atoms with Gasteiger partial charge in [0.2, 0.25) is 12.2 Å². The van der Waals surface area contributed by atoms with Crippen molar-refractivity contribution in [3.8, 4) is 23.0 Å². The van der Waals surface area contributed by atoms with Crippen LogP contribution in [0.15, 0.2) is 48.0 Å². The summed E-state index contributed by atoms with van der Waals surface area (Å²) in [5.41, 5.74) is 1.65. The Bertz CT molecular complexity index is 1010. The molecule has 0 amide bonds. The first-order valence-corrected chi connectivity index (χ1v) is 9.27. The molecule has 30 heavy (non-hydrogen) atoms. The lowest BCUT2D eigenvalue weighted by molar-refractivity contribution is 0.0110. The van der Waals surface area contributed by atoms with Gasteiger partial charge in [-0.05, 0) is 35.4 Å². The third-order valence-electron chi connectivity index (χ3n) is 5.02. The van der Waals surface area contributed by atoms with E-state index in [0.29, 0.717) is 23.0 Å². The first-order valence-electron chi connectivity index (χ1n) is 9.27. The first kappa shape index (κ1) is 19.7. The van der Waals surface area contributed by atoms with Crippen LogP contribution in [0, 0.1) is 11.3 Å². The molecule has 0 bridgehead atoms. The molecule has 2 aromatic carbocycles. The predicted molar refractivity (Wildman–Crippen MR) is 104 cm³/mol. The maximum atomic E-state index is 10.1. The van der Waals surface area contributed by atoms with Gasteiger partial charge in [0.1, 0.15) is 12.0 Å². The smallest absolute Gasteiger partial charge is 0.449 e. The maximum Gasteiger partial charge on any atom is 0.449 e. The van der Waals surface area contributed by atoms with Gasteiger partial charge in [0.15, 0.2) is 28.0 Å². The van der Waals surface area contributed by atoms with E-state index in [9.17, 15) is 10.5 Å². The number of aliphatic hydroxyl groups is 1. The summed E-state index contributed by atoms with van der Waals surface area (Å²) in [6.45, 7) is 0.587. The van der Waals surface area contributed by atoms with Gasteiger partial charge in [-0.15, -0.1) is 0 Å². The Labute approximate surface area is 173 Å². The normalized spacial score (nSPS) is 19.4. The fourth-order valence-electron chi connectivity index (χ4n) is 3.51. The lowest BCUT2D eigenvalue weighted by atomic mass is 9.95. The van der Waals surface area contributed by atoms with Crippen LogP contribution in [0.5, 0.6) is 23.0 Å². The fraction of sp³-hybridized carbons (Fsp3) is 0.333. The monoisotopic (exact) mass is 413 g/mol. The molecule has 156 valence electrons. The number of nitrogens with zero attached hydrogens (tertiary/aromatic N) is 2. The highest BCUT2D eigenvalue weighted by molar-refractivity contribution is 5.46. The lowest BCUT2D eigenvalue weighted by Gasteiger charge is -2.17. The van der Waals surface area contributed by atoms with Crippen LogP contribution in [0.25, 0.3) is 4.98 Å². The molecule has 0 aliphatic carbocycles. The largest absolute Gasteiger partial charge is 0.493 e. The molecule has 9 heteroatoms. The van der Waals surface area contributed by atoms with Crippen LogP contribution in [-0.2, 0) is 16.1 Å². The first-order chi connectivity index (χ1) is 14.6. The summed E-state index contributed by atoms with van der Waals surface area (Å²) in [4.78, 5) is 3.21. The molecule has 2 atom stereocenters. The Kier molecular flexibility index (Phi) is 5.50. The average Bonchev–Trinajstić information content (AvgIpc) is 3.36. The van der Waals surface area contributed by atoms with Crippen molar-refractivity contribution >= 4 is 0 Å².